The predicted molar refractivity (Wildman–Crippen MR) is 71.6 cm³/mol. The number of hydrogen-bond donors (Lipinski definition) is 3. The Morgan fingerprint density at radius 1 is 1.53 bits per heavy atom. The van der Waals surface area contributed by atoms with Crippen LogP contribution < -0.4 is 0 Å². The van der Waals surface area contributed by atoms with E-state index < -0.39 is 11.6 Å². The van der Waals surface area contributed by atoms with E-state index in [1.165, 1.54) is 0 Å². The largest absolute Gasteiger partial charge is 0.512 e. The normalized spacial score (nSPS) is 42.2. The molecule has 2 aliphatic rings. The molecule has 106 valence electrons. The van der Waals surface area contributed by atoms with Gasteiger partial charge in [0.15, 0.2) is 0 Å². The van der Waals surface area contributed by atoms with Crippen molar-refractivity contribution in [2.75, 3.05) is 0 Å². The van der Waals surface area contributed by atoms with Crippen molar-refractivity contribution in [3.63, 3.8) is 0 Å². The van der Waals surface area contributed by atoms with Crippen LogP contribution in [0.25, 0.3) is 0 Å². The van der Waals surface area contributed by atoms with Crippen LogP contribution in [0.5, 0.6) is 0 Å². The molecule has 1 saturated carbocycles. The Morgan fingerprint density at radius 2 is 2.16 bits per heavy atom. The summed E-state index contributed by atoms with van der Waals surface area (Å²) in [4.78, 5) is 11.2. The molecule has 3 N–H and O–H groups in total. The summed E-state index contributed by atoms with van der Waals surface area (Å²) in [6.45, 7) is 7.39. The van der Waals surface area contributed by atoms with Crippen LogP contribution in [0.4, 0.5) is 0 Å². The van der Waals surface area contributed by atoms with Gasteiger partial charge in [0.05, 0.1) is 11.4 Å². The van der Waals surface area contributed by atoms with E-state index >= 15 is 0 Å². The maximum Gasteiger partial charge on any atom is 0.331 e. The minimum absolute atomic E-state index is 0.0132. The van der Waals surface area contributed by atoms with E-state index in [1.54, 1.807) is 13.0 Å². The molecule has 0 heterocycles. The van der Waals surface area contributed by atoms with Crippen molar-refractivity contribution >= 4 is 5.97 Å². The Bertz CT molecular complexity index is 435. The highest BCUT2D eigenvalue weighted by atomic mass is 16.4. The lowest BCUT2D eigenvalue weighted by molar-refractivity contribution is -0.134. The van der Waals surface area contributed by atoms with Crippen LogP contribution in [-0.2, 0) is 4.79 Å². The molecule has 0 saturated heterocycles. The molecular formula is C15H22O4. The van der Waals surface area contributed by atoms with Gasteiger partial charge in [-0.15, -0.1) is 0 Å². The van der Waals surface area contributed by atoms with Gasteiger partial charge in [0, 0.05) is 17.4 Å². The third kappa shape index (κ3) is 2.41. The van der Waals surface area contributed by atoms with Crippen LogP contribution in [0.3, 0.4) is 0 Å². The Balaban J connectivity index is 2.35. The maximum atomic E-state index is 11.2. The van der Waals surface area contributed by atoms with Crippen molar-refractivity contribution in [3.05, 3.63) is 24.0 Å². The molecule has 0 aromatic heterocycles. The van der Waals surface area contributed by atoms with Crippen LogP contribution in [0.1, 0.15) is 33.1 Å². The van der Waals surface area contributed by atoms with Crippen LogP contribution in [0, 0.1) is 23.7 Å². The third-order valence-corrected chi connectivity index (χ3v) is 4.86. The molecule has 19 heavy (non-hydrogen) atoms. The van der Waals surface area contributed by atoms with E-state index in [9.17, 15) is 15.0 Å². The highest BCUT2D eigenvalue weighted by molar-refractivity contribution is 5.86. The number of rotatable bonds is 2. The minimum atomic E-state index is -0.961. The molecule has 0 aliphatic heterocycles. The second kappa shape index (κ2) is 4.67. The first kappa shape index (κ1) is 14.1. The predicted octanol–water partition coefficient (Wildman–Crippen LogP) is 2.50. The molecule has 0 amide bonds. The molecule has 0 spiro atoms. The summed E-state index contributed by atoms with van der Waals surface area (Å²) in [6.07, 6.45) is 3.59. The topological polar surface area (TPSA) is 77.8 Å². The lowest BCUT2D eigenvalue weighted by Gasteiger charge is -2.48. The second-order valence-electron chi connectivity index (χ2n) is 6.25. The molecule has 1 fully saturated rings. The van der Waals surface area contributed by atoms with Gasteiger partial charge in [-0.2, -0.15) is 0 Å². The van der Waals surface area contributed by atoms with Gasteiger partial charge in [-0.25, -0.2) is 4.79 Å². The van der Waals surface area contributed by atoms with Crippen molar-refractivity contribution in [3.8, 4) is 0 Å². The van der Waals surface area contributed by atoms with Gasteiger partial charge < -0.3 is 15.3 Å². The van der Waals surface area contributed by atoms with Gasteiger partial charge in [-0.05, 0) is 44.1 Å². The molecule has 0 aromatic carbocycles. The number of allylic oxidation sites excluding steroid dienone is 1. The van der Waals surface area contributed by atoms with E-state index in [1.807, 2.05) is 6.92 Å². The van der Waals surface area contributed by atoms with E-state index in [0.717, 1.165) is 0 Å². The van der Waals surface area contributed by atoms with Crippen LogP contribution >= 0.6 is 0 Å². The summed E-state index contributed by atoms with van der Waals surface area (Å²) in [5.74, 6) is -0.912. The Hall–Kier alpha value is -1.29. The number of hydrogen-bond acceptors (Lipinski definition) is 3. The Kier molecular flexibility index (Phi) is 3.47. The van der Waals surface area contributed by atoms with Gasteiger partial charge in [0.25, 0.3) is 0 Å². The monoisotopic (exact) mass is 266 g/mol. The van der Waals surface area contributed by atoms with Gasteiger partial charge in [-0.3, -0.25) is 0 Å². The zero-order valence-corrected chi connectivity index (χ0v) is 11.5. The number of carbonyl (C=O) groups is 1. The Morgan fingerprint density at radius 3 is 2.74 bits per heavy atom. The van der Waals surface area contributed by atoms with E-state index in [2.05, 4.69) is 6.58 Å². The minimum Gasteiger partial charge on any atom is -0.512 e. The van der Waals surface area contributed by atoms with Gasteiger partial charge in [0.1, 0.15) is 0 Å². The summed E-state index contributed by atoms with van der Waals surface area (Å²) < 4.78 is 0. The summed E-state index contributed by atoms with van der Waals surface area (Å²) in [5.41, 5.74) is -0.652. The van der Waals surface area contributed by atoms with E-state index in [-0.39, 0.29) is 29.2 Å². The molecule has 0 bridgehead atoms. The number of fused-ring (bicyclic) bond motifs is 1. The second-order valence-corrected chi connectivity index (χ2v) is 6.25. The molecule has 0 aromatic rings. The summed E-state index contributed by atoms with van der Waals surface area (Å²) >= 11 is 0. The van der Waals surface area contributed by atoms with Crippen LogP contribution in [0.2, 0.25) is 0 Å². The maximum absolute atomic E-state index is 11.2. The number of aliphatic hydroxyl groups excluding tert-OH is 1. The molecule has 2 aliphatic carbocycles. The molecule has 1 unspecified atom stereocenters. The molecular weight excluding hydrogens is 244 g/mol. The zero-order chi connectivity index (χ0) is 14.4. The summed E-state index contributed by atoms with van der Waals surface area (Å²) in [7, 11) is 0. The van der Waals surface area contributed by atoms with Crippen LogP contribution in [-0.4, -0.2) is 26.9 Å². The molecule has 2 rings (SSSR count). The first-order valence-corrected chi connectivity index (χ1v) is 6.79. The van der Waals surface area contributed by atoms with E-state index in [0.29, 0.717) is 25.0 Å². The number of carboxylic acid groups (broad SMARTS) is 1. The van der Waals surface area contributed by atoms with Crippen molar-refractivity contribution in [2.24, 2.45) is 23.7 Å². The number of carboxylic acids is 1. The van der Waals surface area contributed by atoms with Crippen molar-refractivity contribution in [1.82, 2.24) is 0 Å². The van der Waals surface area contributed by atoms with Crippen molar-refractivity contribution in [2.45, 2.75) is 38.7 Å². The Labute approximate surface area is 113 Å². The average Bonchev–Trinajstić information content (AvgIpc) is 2.31. The van der Waals surface area contributed by atoms with Crippen molar-refractivity contribution in [1.29, 1.82) is 0 Å². The van der Waals surface area contributed by atoms with Crippen molar-refractivity contribution < 1.29 is 20.1 Å². The third-order valence-electron chi connectivity index (χ3n) is 4.86. The highest BCUT2D eigenvalue weighted by Gasteiger charge is 2.48. The van der Waals surface area contributed by atoms with Gasteiger partial charge in [0.2, 0.25) is 0 Å². The fourth-order valence-corrected chi connectivity index (χ4v) is 3.62. The first-order valence-electron chi connectivity index (χ1n) is 6.79. The fraction of sp³-hybridized carbons (Fsp3) is 0.667. The lowest BCUT2D eigenvalue weighted by atomic mass is 9.58. The molecule has 4 heteroatoms. The lowest BCUT2D eigenvalue weighted by Crippen LogP contribution is -2.48. The SMILES string of the molecule is C=C(C(=O)O)[C@@H]1CC[C@](C)(O)[C@H]2C=C(O)C(C)C[C@@H]12. The highest BCUT2D eigenvalue weighted by Crippen LogP contribution is 2.50. The molecule has 0 radical (unpaired) electrons. The van der Waals surface area contributed by atoms with Gasteiger partial charge in [-0.1, -0.05) is 13.5 Å². The first-order chi connectivity index (χ1) is 8.74. The van der Waals surface area contributed by atoms with E-state index in [4.69, 9.17) is 5.11 Å². The summed E-state index contributed by atoms with van der Waals surface area (Å²) in [5, 5.41) is 29.5. The smallest absolute Gasteiger partial charge is 0.331 e. The standard InChI is InChI=1S/C15H22O4/c1-8-6-11-10(9(2)14(17)18)4-5-15(3,19)12(11)7-13(8)16/h7-8,10-12,16,19H,2,4-6H2,1,3H3,(H,17,18)/t8?,10-,11-,12-,15-/m0/s1. The summed E-state index contributed by atoms with van der Waals surface area (Å²) in [6, 6.07) is 0. The molecule has 5 atom stereocenters. The molecule has 4 nitrogen and oxygen atoms in total. The fourth-order valence-electron chi connectivity index (χ4n) is 3.62. The zero-order valence-electron chi connectivity index (χ0n) is 11.5. The number of aliphatic carboxylic acids is 1. The van der Waals surface area contributed by atoms with Crippen LogP contribution in [0.15, 0.2) is 24.0 Å². The quantitative estimate of drug-likeness (QED) is 0.671. The van der Waals surface area contributed by atoms with Gasteiger partial charge >= 0.3 is 5.97 Å². The number of aliphatic hydroxyl groups is 2. The average molecular weight is 266 g/mol.